The molecule has 0 bridgehead atoms. The molecule has 0 heterocycles. The van der Waals surface area contributed by atoms with Gasteiger partial charge in [-0.25, -0.2) is 0 Å². The maximum atomic E-state index is 10.9. The Hall–Kier alpha value is -1.59. The Labute approximate surface area is 87.6 Å². The Morgan fingerprint density at radius 1 is 1.53 bits per heavy atom. The van der Waals surface area contributed by atoms with Gasteiger partial charge in [-0.05, 0) is 25.1 Å². The maximum Gasteiger partial charge on any atom is 0.248 e. The van der Waals surface area contributed by atoms with Gasteiger partial charge in [0.15, 0.2) is 6.23 Å². The number of carbonyl (C=O) groups is 1. The van der Waals surface area contributed by atoms with Crippen molar-refractivity contribution in [2.45, 2.75) is 19.3 Å². The Morgan fingerprint density at radius 3 is 2.73 bits per heavy atom. The fraction of sp³-hybridized carbons (Fsp3) is 0.300. The molecule has 0 aliphatic rings. The first-order valence-corrected chi connectivity index (χ1v) is 4.51. The molecular weight excluding hydrogens is 196 g/mol. The van der Waals surface area contributed by atoms with Crippen molar-refractivity contribution in [1.29, 1.82) is 0 Å². The van der Waals surface area contributed by atoms with Gasteiger partial charge in [0.05, 0.1) is 0 Å². The first-order valence-electron chi connectivity index (χ1n) is 4.51. The number of aliphatic hydroxyl groups is 1. The summed E-state index contributed by atoms with van der Waals surface area (Å²) in [6.45, 7) is 1.52. The second-order valence-corrected chi connectivity index (χ2v) is 3.22. The van der Waals surface area contributed by atoms with Gasteiger partial charge in [-0.3, -0.25) is 10.5 Å². The highest BCUT2D eigenvalue weighted by Gasteiger charge is 2.11. The van der Waals surface area contributed by atoms with Crippen LogP contribution < -0.4 is 16.2 Å². The Kier molecular flexibility index (Phi) is 3.65. The molecule has 82 valence electrons. The van der Waals surface area contributed by atoms with Gasteiger partial charge >= 0.3 is 0 Å². The molecule has 2 unspecified atom stereocenters. The highest BCUT2D eigenvalue weighted by atomic mass is 16.5. The van der Waals surface area contributed by atoms with Gasteiger partial charge in [0, 0.05) is 5.56 Å². The summed E-state index contributed by atoms with van der Waals surface area (Å²) in [5, 5.41) is 9.12. The SMILES string of the molecule is CC(O)C(N)Oc1cccc(C(N)=O)c1. The number of primary amides is 1. The Morgan fingerprint density at radius 2 is 2.20 bits per heavy atom. The smallest absolute Gasteiger partial charge is 0.248 e. The number of nitrogens with two attached hydrogens (primary N) is 2. The molecule has 1 aromatic carbocycles. The zero-order chi connectivity index (χ0) is 11.4. The third kappa shape index (κ3) is 3.23. The second-order valence-electron chi connectivity index (χ2n) is 3.22. The Balaban J connectivity index is 2.78. The van der Waals surface area contributed by atoms with E-state index in [1.54, 1.807) is 18.2 Å². The number of amides is 1. The number of carbonyl (C=O) groups excluding carboxylic acids is 1. The first-order chi connectivity index (χ1) is 7.00. The van der Waals surface area contributed by atoms with E-state index in [1.165, 1.54) is 13.0 Å². The highest BCUT2D eigenvalue weighted by molar-refractivity contribution is 5.93. The summed E-state index contributed by atoms with van der Waals surface area (Å²) < 4.78 is 5.19. The topological polar surface area (TPSA) is 98.6 Å². The van der Waals surface area contributed by atoms with E-state index in [0.29, 0.717) is 11.3 Å². The Bertz CT molecular complexity index is 352. The van der Waals surface area contributed by atoms with E-state index in [9.17, 15) is 4.79 Å². The molecule has 2 atom stereocenters. The molecule has 0 aliphatic carbocycles. The van der Waals surface area contributed by atoms with E-state index in [4.69, 9.17) is 21.3 Å². The average molecular weight is 210 g/mol. The lowest BCUT2D eigenvalue weighted by Crippen LogP contribution is -2.37. The van der Waals surface area contributed by atoms with Gasteiger partial charge in [-0.15, -0.1) is 0 Å². The van der Waals surface area contributed by atoms with Crippen LogP contribution in [0.5, 0.6) is 5.75 Å². The molecule has 1 aromatic rings. The van der Waals surface area contributed by atoms with E-state index < -0.39 is 18.2 Å². The van der Waals surface area contributed by atoms with Gasteiger partial charge in [-0.1, -0.05) is 6.07 Å². The number of rotatable bonds is 4. The number of aliphatic hydroxyl groups excluding tert-OH is 1. The van der Waals surface area contributed by atoms with Crippen molar-refractivity contribution in [3.05, 3.63) is 29.8 Å². The molecule has 0 saturated heterocycles. The lowest BCUT2D eigenvalue weighted by Gasteiger charge is -2.17. The molecule has 0 radical (unpaired) electrons. The lowest BCUT2D eigenvalue weighted by molar-refractivity contribution is 0.0528. The monoisotopic (exact) mass is 210 g/mol. The lowest BCUT2D eigenvalue weighted by atomic mass is 10.2. The first kappa shape index (κ1) is 11.5. The van der Waals surface area contributed by atoms with E-state index in [0.717, 1.165) is 0 Å². The quantitative estimate of drug-likeness (QED) is 0.601. The summed E-state index contributed by atoms with van der Waals surface area (Å²) >= 11 is 0. The van der Waals surface area contributed by atoms with Crippen LogP contribution in [0.1, 0.15) is 17.3 Å². The summed E-state index contributed by atoms with van der Waals surface area (Å²) in [7, 11) is 0. The molecule has 1 rings (SSSR count). The highest BCUT2D eigenvalue weighted by Crippen LogP contribution is 2.14. The molecule has 1 amide bonds. The van der Waals surface area contributed by atoms with Crippen molar-refractivity contribution in [1.82, 2.24) is 0 Å². The van der Waals surface area contributed by atoms with Crippen LogP contribution in [0.4, 0.5) is 0 Å². The zero-order valence-corrected chi connectivity index (χ0v) is 8.38. The van der Waals surface area contributed by atoms with Crippen LogP contribution in [0.25, 0.3) is 0 Å². The summed E-state index contributed by atoms with van der Waals surface area (Å²) in [5.74, 6) is -0.134. The van der Waals surface area contributed by atoms with E-state index in [2.05, 4.69) is 0 Å². The molecule has 0 aliphatic heterocycles. The third-order valence-electron chi connectivity index (χ3n) is 1.87. The fourth-order valence-corrected chi connectivity index (χ4v) is 0.978. The van der Waals surface area contributed by atoms with Crippen LogP contribution in [-0.2, 0) is 0 Å². The predicted octanol–water partition coefficient (Wildman–Crippen LogP) is -0.170. The van der Waals surface area contributed by atoms with E-state index in [1.807, 2.05) is 0 Å². The number of hydrogen-bond donors (Lipinski definition) is 3. The molecule has 15 heavy (non-hydrogen) atoms. The molecule has 5 nitrogen and oxygen atoms in total. The normalized spacial score (nSPS) is 14.3. The average Bonchev–Trinajstić information content (AvgIpc) is 2.18. The molecule has 0 aromatic heterocycles. The number of benzene rings is 1. The van der Waals surface area contributed by atoms with Crippen LogP contribution in [-0.4, -0.2) is 23.3 Å². The fourth-order valence-electron chi connectivity index (χ4n) is 0.978. The van der Waals surface area contributed by atoms with E-state index in [-0.39, 0.29) is 0 Å². The second kappa shape index (κ2) is 4.77. The van der Waals surface area contributed by atoms with Crippen LogP contribution in [0.3, 0.4) is 0 Å². The molecular formula is C10H14N2O3. The van der Waals surface area contributed by atoms with E-state index >= 15 is 0 Å². The number of ether oxygens (including phenoxy) is 1. The summed E-state index contributed by atoms with van der Waals surface area (Å²) in [6.07, 6.45) is -1.62. The summed E-state index contributed by atoms with van der Waals surface area (Å²) in [5.41, 5.74) is 10.9. The maximum absolute atomic E-state index is 10.9. The van der Waals surface area contributed by atoms with Gasteiger partial charge in [0.1, 0.15) is 11.9 Å². The zero-order valence-electron chi connectivity index (χ0n) is 8.38. The van der Waals surface area contributed by atoms with Gasteiger partial charge in [0.25, 0.3) is 0 Å². The largest absolute Gasteiger partial charge is 0.473 e. The van der Waals surface area contributed by atoms with Crippen molar-refractivity contribution in [2.24, 2.45) is 11.5 Å². The molecule has 5 heteroatoms. The molecule has 0 saturated carbocycles. The van der Waals surface area contributed by atoms with Crippen molar-refractivity contribution >= 4 is 5.91 Å². The van der Waals surface area contributed by atoms with Crippen molar-refractivity contribution in [2.75, 3.05) is 0 Å². The van der Waals surface area contributed by atoms with Crippen LogP contribution in [0.15, 0.2) is 24.3 Å². The predicted molar refractivity (Wildman–Crippen MR) is 55.2 cm³/mol. The number of hydrogen-bond acceptors (Lipinski definition) is 4. The van der Waals surface area contributed by atoms with Crippen molar-refractivity contribution in [3.8, 4) is 5.75 Å². The van der Waals surface area contributed by atoms with Gasteiger partial charge in [-0.2, -0.15) is 0 Å². The minimum absolute atomic E-state index is 0.338. The van der Waals surface area contributed by atoms with Crippen LogP contribution in [0, 0.1) is 0 Å². The minimum atomic E-state index is -0.826. The standard InChI is InChI=1S/C10H14N2O3/c1-6(13)10(12)15-8-4-2-3-7(5-8)9(11)14/h2-6,10,13H,12H2,1H3,(H2,11,14). The van der Waals surface area contributed by atoms with Crippen molar-refractivity contribution < 1.29 is 14.6 Å². The van der Waals surface area contributed by atoms with Crippen LogP contribution in [0.2, 0.25) is 0 Å². The van der Waals surface area contributed by atoms with Gasteiger partial charge < -0.3 is 15.6 Å². The van der Waals surface area contributed by atoms with Crippen LogP contribution >= 0.6 is 0 Å². The van der Waals surface area contributed by atoms with Crippen molar-refractivity contribution in [3.63, 3.8) is 0 Å². The molecule has 0 spiro atoms. The minimum Gasteiger partial charge on any atom is -0.473 e. The van der Waals surface area contributed by atoms with Gasteiger partial charge in [0.2, 0.25) is 5.91 Å². The third-order valence-corrected chi connectivity index (χ3v) is 1.87. The summed E-state index contributed by atoms with van der Waals surface area (Å²) in [4.78, 5) is 10.9. The summed E-state index contributed by atoms with van der Waals surface area (Å²) in [6, 6.07) is 6.31. The molecule has 0 fully saturated rings. The molecule has 5 N–H and O–H groups in total.